The minimum atomic E-state index is 0.0498. The fourth-order valence-corrected chi connectivity index (χ4v) is 3.58. The van der Waals surface area contributed by atoms with E-state index in [2.05, 4.69) is 26.1 Å². The van der Waals surface area contributed by atoms with E-state index >= 15 is 0 Å². The van der Waals surface area contributed by atoms with Crippen LogP contribution >= 0.6 is 0 Å². The number of carbonyl (C=O) groups excluding carboxylic acids is 2. The van der Waals surface area contributed by atoms with Crippen molar-refractivity contribution in [1.82, 2.24) is 10.2 Å². The predicted molar refractivity (Wildman–Crippen MR) is 112 cm³/mol. The fraction of sp³-hybridized carbons (Fsp3) is 0.417. The van der Waals surface area contributed by atoms with Crippen molar-refractivity contribution >= 4 is 11.8 Å². The van der Waals surface area contributed by atoms with Gasteiger partial charge in [-0.05, 0) is 41.5 Å². The Morgan fingerprint density at radius 3 is 2.14 bits per heavy atom. The number of piperidine rings is 1. The minimum absolute atomic E-state index is 0.0498. The number of benzene rings is 2. The molecular formula is C24H30N2O2. The number of nitrogens with one attached hydrogen (secondary N) is 1. The lowest BCUT2D eigenvalue weighted by Gasteiger charge is -2.32. The molecule has 1 saturated heterocycles. The van der Waals surface area contributed by atoms with Crippen molar-refractivity contribution in [2.24, 2.45) is 0 Å². The van der Waals surface area contributed by atoms with Crippen LogP contribution in [0.15, 0.2) is 54.6 Å². The SMILES string of the molecule is CC(C)(C)c1ccc(C(=O)N2CCC(NC(=O)Cc3ccccc3)CC2)cc1. The molecule has 1 aliphatic heterocycles. The standard InChI is InChI=1S/C24H30N2O2/c1-24(2,3)20-11-9-19(10-12-20)23(28)26-15-13-21(14-16-26)25-22(27)17-18-7-5-4-6-8-18/h4-12,21H,13-17H2,1-3H3,(H,25,27). The molecule has 0 spiro atoms. The average Bonchev–Trinajstić information content (AvgIpc) is 2.68. The Bertz CT molecular complexity index is 799. The van der Waals surface area contributed by atoms with Crippen LogP contribution in [0, 0.1) is 0 Å². The second-order valence-corrected chi connectivity index (χ2v) is 8.62. The van der Waals surface area contributed by atoms with Gasteiger partial charge in [-0.2, -0.15) is 0 Å². The summed E-state index contributed by atoms with van der Waals surface area (Å²) >= 11 is 0. The highest BCUT2D eigenvalue weighted by Gasteiger charge is 2.25. The first-order chi connectivity index (χ1) is 13.3. The normalized spacial score (nSPS) is 15.3. The third-order valence-corrected chi connectivity index (χ3v) is 5.35. The van der Waals surface area contributed by atoms with Gasteiger partial charge in [0.15, 0.2) is 0 Å². The monoisotopic (exact) mass is 378 g/mol. The summed E-state index contributed by atoms with van der Waals surface area (Å²) in [4.78, 5) is 26.9. The Hall–Kier alpha value is -2.62. The molecule has 3 rings (SSSR count). The van der Waals surface area contributed by atoms with Gasteiger partial charge >= 0.3 is 0 Å². The Balaban J connectivity index is 1.49. The Kier molecular flexibility index (Phi) is 6.18. The number of carbonyl (C=O) groups is 2. The number of hydrogen-bond acceptors (Lipinski definition) is 2. The number of amides is 2. The lowest BCUT2D eigenvalue weighted by Crippen LogP contribution is -2.46. The Labute approximate surface area is 167 Å². The average molecular weight is 379 g/mol. The predicted octanol–water partition coefficient (Wildman–Crippen LogP) is 3.95. The number of hydrogen-bond donors (Lipinski definition) is 1. The van der Waals surface area contributed by atoms with Crippen LogP contribution in [-0.4, -0.2) is 35.8 Å². The Morgan fingerprint density at radius 2 is 1.57 bits per heavy atom. The molecule has 2 amide bonds. The van der Waals surface area contributed by atoms with Crippen LogP contribution in [0.4, 0.5) is 0 Å². The first-order valence-electron chi connectivity index (χ1n) is 10.1. The highest BCUT2D eigenvalue weighted by atomic mass is 16.2. The van der Waals surface area contributed by atoms with Crippen LogP contribution in [0.5, 0.6) is 0 Å². The second kappa shape index (κ2) is 8.59. The van der Waals surface area contributed by atoms with E-state index < -0.39 is 0 Å². The van der Waals surface area contributed by atoms with Gasteiger partial charge in [0.2, 0.25) is 5.91 Å². The molecule has 1 heterocycles. The summed E-state index contributed by atoms with van der Waals surface area (Å²) in [5.74, 6) is 0.128. The van der Waals surface area contributed by atoms with E-state index in [4.69, 9.17) is 0 Å². The zero-order chi connectivity index (χ0) is 20.1. The second-order valence-electron chi connectivity index (χ2n) is 8.62. The summed E-state index contributed by atoms with van der Waals surface area (Å²) < 4.78 is 0. The van der Waals surface area contributed by atoms with Gasteiger partial charge < -0.3 is 10.2 Å². The van der Waals surface area contributed by atoms with E-state index in [9.17, 15) is 9.59 Å². The largest absolute Gasteiger partial charge is 0.353 e. The summed E-state index contributed by atoms with van der Waals surface area (Å²) in [6, 6.07) is 17.9. The number of likely N-dealkylation sites (tertiary alicyclic amines) is 1. The van der Waals surface area contributed by atoms with Crippen LogP contribution in [0.2, 0.25) is 0 Å². The van der Waals surface area contributed by atoms with Crippen molar-refractivity contribution < 1.29 is 9.59 Å². The Morgan fingerprint density at radius 1 is 0.964 bits per heavy atom. The van der Waals surface area contributed by atoms with E-state index in [1.54, 1.807) is 0 Å². The molecule has 2 aromatic carbocycles. The van der Waals surface area contributed by atoms with Crippen molar-refractivity contribution in [1.29, 1.82) is 0 Å². The number of rotatable bonds is 4. The van der Waals surface area contributed by atoms with Gasteiger partial charge in [0.25, 0.3) is 5.91 Å². The molecule has 0 atom stereocenters. The highest BCUT2D eigenvalue weighted by molar-refractivity contribution is 5.94. The van der Waals surface area contributed by atoms with E-state index in [0.717, 1.165) is 24.0 Å². The first kappa shape index (κ1) is 20.1. The van der Waals surface area contributed by atoms with E-state index in [1.165, 1.54) is 5.56 Å². The van der Waals surface area contributed by atoms with E-state index in [-0.39, 0.29) is 23.3 Å². The van der Waals surface area contributed by atoms with Crippen LogP contribution in [0.3, 0.4) is 0 Å². The molecule has 2 aromatic rings. The lowest BCUT2D eigenvalue weighted by atomic mass is 9.86. The molecule has 1 aliphatic rings. The smallest absolute Gasteiger partial charge is 0.253 e. The molecule has 148 valence electrons. The van der Waals surface area contributed by atoms with Gasteiger partial charge in [0.05, 0.1) is 6.42 Å². The van der Waals surface area contributed by atoms with Crippen molar-refractivity contribution in [3.8, 4) is 0 Å². The molecule has 0 aliphatic carbocycles. The topological polar surface area (TPSA) is 49.4 Å². The molecule has 1 fully saturated rings. The zero-order valence-electron chi connectivity index (χ0n) is 17.1. The highest BCUT2D eigenvalue weighted by Crippen LogP contribution is 2.23. The zero-order valence-corrected chi connectivity index (χ0v) is 17.1. The molecule has 4 heteroatoms. The van der Waals surface area contributed by atoms with Crippen molar-refractivity contribution in [3.63, 3.8) is 0 Å². The van der Waals surface area contributed by atoms with Gasteiger partial charge in [-0.1, -0.05) is 63.2 Å². The summed E-state index contributed by atoms with van der Waals surface area (Å²) in [5.41, 5.74) is 3.06. The third kappa shape index (κ3) is 5.22. The minimum Gasteiger partial charge on any atom is -0.353 e. The van der Waals surface area contributed by atoms with Gasteiger partial charge in [0, 0.05) is 24.7 Å². The molecule has 0 bridgehead atoms. The summed E-state index contributed by atoms with van der Waals surface area (Å²) in [6.45, 7) is 7.86. The lowest BCUT2D eigenvalue weighted by molar-refractivity contribution is -0.121. The van der Waals surface area contributed by atoms with Crippen LogP contribution < -0.4 is 5.32 Å². The molecule has 0 radical (unpaired) electrons. The fourth-order valence-electron chi connectivity index (χ4n) is 3.58. The molecule has 1 N–H and O–H groups in total. The molecule has 0 saturated carbocycles. The first-order valence-corrected chi connectivity index (χ1v) is 10.1. The van der Waals surface area contributed by atoms with E-state index in [1.807, 2.05) is 59.5 Å². The van der Waals surface area contributed by atoms with Crippen molar-refractivity contribution in [2.75, 3.05) is 13.1 Å². The summed E-state index contributed by atoms with van der Waals surface area (Å²) in [5, 5.41) is 3.11. The van der Waals surface area contributed by atoms with Gasteiger partial charge in [-0.25, -0.2) is 0 Å². The van der Waals surface area contributed by atoms with Gasteiger partial charge in [-0.15, -0.1) is 0 Å². The van der Waals surface area contributed by atoms with Crippen molar-refractivity contribution in [3.05, 3.63) is 71.3 Å². The van der Waals surface area contributed by atoms with Crippen LogP contribution in [-0.2, 0) is 16.6 Å². The summed E-state index contributed by atoms with van der Waals surface area (Å²) in [7, 11) is 0. The molecule has 0 aromatic heterocycles. The molecule has 28 heavy (non-hydrogen) atoms. The molecular weight excluding hydrogens is 348 g/mol. The summed E-state index contributed by atoms with van der Waals surface area (Å²) in [6.07, 6.45) is 2.00. The van der Waals surface area contributed by atoms with Crippen LogP contribution in [0.25, 0.3) is 0 Å². The number of nitrogens with zero attached hydrogens (tertiary/aromatic N) is 1. The van der Waals surface area contributed by atoms with Gasteiger partial charge in [0.1, 0.15) is 0 Å². The maximum Gasteiger partial charge on any atom is 0.253 e. The quantitative estimate of drug-likeness (QED) is 0.876. The maximum absolute atomic E-state index is 12.8. The van der Waals surface area contributed by atoms with Crippen molar-refractivity contribution in [2.45, 2.75) is 51.5 Å². The molecule has 0 unspecified atom stereocenters. The van der Waals surface area contributed by atoms with Crippen LogP contribution in [0.1, 0.15) is 55.1 Å². The van der Waals surface area contributed by atoms with E-state index in [0.29, 0.717) is 19.5 Å². The third-order valence-electron chi connectivity index (χ3n) is 5.35. The van der Waals surface area contributed by atoms with Gasteiger partial charge in [-0.3, -0.25) is 9.59 Å². The maximum atomic E-state index is 12.8. The molecule has 4 nitrogen and oxygen atoms in total.